The summed E-state index contributed by atoms with van der Waals surface area (Å²) in [5.74, 6) is -0.568. The van der Waals surface area contributed by atoms with Crippen molar-refractivity contribution in [2.24, 2.45) is 0 Å². The lowest BCUT2D eigenvalue weighted by Crippen LogP contribution is -2.46. The monoisotopic (exact) mass is 472 g/mol. The number of halogens is 3. The lowest BCUT2D eigenvalue weighted by Gasteiger charge is -2.17. The number of hydrogen-bond donors (Lipinski definition) is 0. The number of aryl methyl sites for hydroxylation is 2. The van der Waals surface area contributed by atoms with E-state index in [4.69, 9.17) is 0 Å². The zero-order chi connectivity index (χ0) is 24.6. The van der Waals surface area contributed by atoms with E-state index in [9.17, 15) is 27.6 Å². The molecule has 178 valence electrons. The van der Waals surface area contributed by atoms with Crippen molar-refractivity contribution in [2.75, 3.05) is 13.1 Å². The van der Waals surface area contributed by atoms with Crippen LogP contribution in [0.2, 0.25) is 0 Å². The number of likely N-dealkylation sites (tertiary alicyclic amines) is 1. The first-order chi connectivity index (χ1) is 16.0. The molecule has 2 aromatic carbocycles. The van der Waals surface area contributed by atoms with E-state index in [1.807, 2.05) is 19.9 Å². The Morgan fingerprint density at radius 3 is 2.12 bits per heavy atom. The number of alkyl halides is 3. The van der Waals surface area contributed by atoms with Crippen LogP contribution < -0.4 is 11.2 Å². The second-order valence-electron chi connectivity index (χ2n) is 8.47. The third-order valence-electron chi connectivity index (χ3n) is 5.73. The minimum absolute atomic E-state index is 0.302. The van der Waals surface area contributed by atoms with Crippen molar-refractivity contribution in [3.63, 3.8) is 0 Å². The SMILES string of the molecule is Cc1cc(C)cc(-n2nc(C(=O)N3CCCC3)c(=O)n(Cc3ccc(C(F)(F)F)cc3)c2=O)c1. The number of benzene rings is 2. The van der Waals surface area contributed by atoms with Crippen molar-refractivity contribution >= 4 is 5.91 Å². The molecule has 1 aromatic heterocycles. The summed E-state index contributed by atoms with van der Waals surface area (Å²) in [5.41, 5.74) is -0.476. The zero-order valence-corrected chi connectivity index (χ0v) is 18.7. The van der Waals surface area contributed by atoms with Gasteiger partial charge in [0, 0.05) is 13.1 Å². The summed E-state index contributed by atoms with van der Waals surface area (Å²) < 4.78 is 40.6. The normalized spacial score (nSPS) is 14.0. The molecule has 34 heavy (non-hydrogen) atoms. The van der Waals surface area contributed by atoms with Crippen LogP contribution in [-0.2, 0) is 12.7 Å². The summed E-state index contributed by atoms with van der Waals surface area (Å²) in [6.45, 7) is 4.36. The quantitative estimate of drug-likeness (QED) is 0.584. The van der Waals surface area contributed by atoms with Gasteiger partial charge in [0.05, 0.1) is 17.8 Å². The molecule has 0 saturated carbocycles. The molecular formula is C24H23F3N4O3. The highest BCUT2D eigenvalue weighted by atomic mass is 19.4. The fourth-order valence-corrected chi connectivity index (χ4v) is 4.08. The molecule has 4 rings (SSSR count). The maximum atomic E-state index is 13.3. The molecule has 1 aliphatic heterocycles. The van der Waals surface area contributed by atoms with E-state index >= 15 is 0 Å². The Labute approximate surface area is 193 Å². The van der Waals surface area contributed by atoms with Gasteiger partial charge in [0.1, 0.15) is 0 Å². The number of aromatic nitrogens is 3. The van der Waals surface area contributed by atoms with E-state index in [2.05, 4.69) is 5.10 Å². The van der Waals surface area contributed by atoms with Crippen molar-refractivity contribution in [2.45, 2.75) is 39.4 Å². The molecule has 0 bridgehead atoms. The highest BCUT2D eigenvalue weighted by Gasteiger charge is 2.30. The first-order valence-corrected chi connectivity index (χ1v) is 10.8. The highest BCUT2D eigenvalue weighted by molar-refractivity contribution is 5.92. The van der Waals surface area contributed by atoms with E-state index in [0.717, 1.165) is 45.4 Å². The molecule has 0 atom stereocenters. The molecule has 0 spiro atoms. The van der Waals surface area contributed by atoms with Gasteiger partial charge >= 0.3 is 11.9 Å². The minimum Gasteiger partial charge on any atom is -0.337 e. The molecule has 1 amide bonds. The van der Waals surface area contributed by atoms with Crippen molar-refractivity contribution in [3.05, 3.63) is 91.3 Å². The molecule has 0 aliphatic carbocycles. The van der Waals surface area contributed by atoms with E-state index in [0.29, 0.717) is 24.3 Å². The molecule has 0 radical (unpaired) electrons. The van der Waals surface area contributed by atoms with Gasteiger partial charge in [0.25, 0.3) is 11.5 Å². The molecule has 1 aliphatic rings. The first-order valence-electron chi connectivity index (χ1n) is 10.8. The average molecular weight is 472 g/mol. The second-order valence-corrected chi connectivity index (χ2v) is 8.47. The Bertz CT molecular complexity index is 1330. The molecule has 3 aromatic rings. The van der Waals surface area contributed by atoms with Crippen LogP contribution in [0.1, 0.15) is 45.6 Å². The van der Waals surface area contributed by atoms with Crippen LogP contribution in [0, 0.1) is 13.8 Å². The molecule has 0 unspecified atom stereocenters. The third kappa shape index (κ3) is 4.66. The van der Waals surface area contributed by atoms with E-state index in [-0.39, 0.29) is 6.54 Å². The summed E-state index contributed by atoms with van der Waals surface area (Å²) in [6.07, 6.45) is -2.89. The van der Waals surface area contributed by atoms with Gasteiger partial charge < -0.3 is 4.90 Å². The Kier molecular flexibility index (Phi) is 6.16. The van der Waals surface area contributed by atoms with Gasteiger partial charge in [-0.15, -0.1) is 0 Å². The molecule has 7 nitrogen and oxygen atoms in total. The Morgan fingerprint density at radius 2 is 1.56 bits per heavy atom. The minimum atomic E-state index is -4.50. The van der Waals surface area contributed by atoms with Crippen LogP contribution in [0.15, 0.2) is 52.1 Å². The van der Waals surface area contributed by atoms with Gasteiger partial charge in [-0.1, -0.05) is 18.2 Å². The zero-order valence-electron chi connectivity index (χ0n) is 18.7. The van der Waals surface area contributed by atoms with Crippen molar-refractivity contribution in [3.8, 4) is 5.69 Å². The molecule has 2 heterocycles. The molecule has 0 N–H and O–H groups in total. The summed E-state index contributed by atoms with van der Waals surface area (Å²) in [6, 6.07) is 9.51. The summed E-state index contributed by atoms with van der Waals surface area (Å²) in [4.78, 5) is 41.1. The fourth-order valence-electron chi connectivity index (χ4n) is 4.08. The van der Waals surface area contributed by atoms with Gasteiger partial charge in [-0.05, 0) is 67.6 Å². The van der Waals surface area contributed by atoms with Crippen molar-refractivity contribution < 1.29 is 18.0 Å². The van der Waals surface area contributed by atoms with E-state index in [1.54, 1.807) is 12.1 Å². The summed E-state index contributed by atoms with van der Waals surface area (Å²) in [5, 5.41) is 4.15. The van der Waals surface area contributed by atoms with Gasteiger partial charge in [0.15, 0.2) is 0 Å². The predicted octanol–water partition coefficient (Wildman–Crippen LogP) is 3.31. The van der Waals surface area contributed by atoms with Crippen LogP contribution >= 0.6 is 0 Å². The largest absolute Gasteiger partial charge is 0.416 e. The van der Waals surface area contributed by atoms with Gasteiger partial charge in [-0.25, -0.2) is 4.79 Å². The third-order valence-corrected chi connectivity index (χ3v) is 5.73. The Balaban J connectivity index is 1.85. The first kappa shape index (κ1) is 23.5. The number of amides is 1. The van der Waals surface area contributed by atoms with Crippen molar-refractivity contribution in [1.82, 2.24) is 19.2 Å². The molecule has 1 fully saturated rings. The topological polar surface area (TPSA) is 77.2 Å². The fraction of sp³-hybridized carbons (Fsp3) is 0.333. The smallest absolute Gasteiger partial charge is 0.337 e. The Hall–Kier alpha value is -3.69. The van der Waals surface area contributed by atoms with E-state index < -0.39 is 34.6 Å². The van der Waals surface area contributed by atoms with Gasteiger partial charge in [-0.3, -0.25) is 14.2 Å². The van der Waals surface area contributed by atoms with Crippen LogP contribution in [0.3, 0.4) is 0 Å². The van der Waals surface area contributed by atoms with Crippen LogP contribution in [0.25, 0.3) is 5.69 Å². The number of carbonyl (C=O) groups excluding carboxylic acids is 1. The summed E-state index contributed by atoms with van der Waals surface area (Å²) in [7, 11) is 0. The molecule has 1 saturated heterocycles. The lowest BCUT2D eigenvalue weighted by molar-refractivity contribution is -0.137. The van der Waals surface area contributed by atoms with Crippen molar-refractivity contribution in [1.29, 1.82) is 0 Å². The predicted molar refractivity (Wildman–Crippen MR) is 119 cm³/mol. The van der Waals surface area contributed by atoms with Crippen LogP contribution in [0.5, 0.6) is 0 Å². The Morgan fingerprint density at radius 1 is 0.971 bits per heavy atom. The molecule has 10 heteroatoms. The average Bonchev–Trinajstić information content (AvgIpc) is 3.30. The highest BCUT2D eigenvalue weighted by Crippen LogP contribution is 2.29. The number of carbonyl (C=O) groups is 1. The summed E-state index contributed by atoms with van der Waals surface area (Å²) >= 11 is 0. The maximum absolute atomic E-state index is 13.3. The number of hydrogen-bond acceptors (Lipinski definition) is 4. The maximum Gasteiger partial charge on any atom is 0.416 e. The number of rotatable bonds is 4. The standard InChI is InChI=1S/C24H23F3N4O3/c1-15-11-16(2)13-19(12-15)31-23(34)30(14-17-5-7-18(8-6-17)24(25,26)27)22(33)20(28-31)21(32)29-9-3-4-10-29/h5-8,11-13H,3-4,9-10,14H2,1-2H3. The number of nitrogens with zero attached hydrogens (tertiary/aromatic N) is 4. The molecular weight excluding hydrogens is 449 g/mol. The van der Waals surface area contributed by atoms with Crippen LogP contribution in [-0.4, -0.2) is 38.2 Å². The lowest BCUT2D eigenvalue weighted by atomic mass is 10.1. The van der Waals surface area contributed by atoms with Gasteiger partial charge in [-0.2, -0.15) is 23.0 Å². The van der Waals surface area contributed by atoms with Gasteiger partial charge in [0.2, 0.25) is 5.69 Å². The van der Waals surface area contributed by atoms with Crippen LogP contribution in [0.4, 0.5) is 13.2 Å². The second kappa shape index (κ2) is 8.92. The van der Waals surface area contributed by atoms with E-state index in [1.165, 1.54) is 17.0 Å².